The number of aryl methyl sites for hydroxylation is 1. The van der Waals surface area contributed by atoms with E-state index in [9.17, 15) is 9.18 Å². The zero-order chi connectivity index (χ0) is 17.2. The maximum absolute atomic E-state index is 14.1. The molecule has 0 bridgehead atoms. The lowest BCUT2D eigenvalue weighted by atomic mass is 10.0. The highest BCUT2D eigenvalue weighted by Crippen LogP contribution is 2.31. The monoisotopic (exact) mass is 336 g/mol. The van der Waals surface area contributed by atoms with E-state index in [2.05, 4.69) is 14.5 Å². The molecular formula is C19H17FN4O. The molecule has 0 aliphatic carbocycles. The Morgan fingerprint density at radius 2 is 1.96 bits per heavy atom. The molecule has 4 rings (SSSR count). The van der Waals surface area contributed by atoms with Crippen molar-refractivity contribution in [3.05, 3.63) is 84.0 Å². The summed E-state index contributed by atoms with van der Waals surface area (Å²) in [6, 6.07) is 10.8. The molecule has 3 heterocycles. The van der Waals surface area contributed by atoms with E-state index in [1.807, 2.05) is 36.5 Å². The van der Waals surface area contributed by atoms with Gasteiger partial charge in [0.25, 0.3) is 5.91 Å². The summed E-state index contributed by atoms with van der Waals surface area (Å²) >= 11 is 0. The molecule has 6 heteroatoms. The van der Waals surface area contributed by atoms with Crippen LogP contribution in [0.25, 0.3) is 0 Å². The minimum atomic E-state index is -0.605. The molecule has 1 aliphatic heterocycles. The molecule has 1 aliphatic rings. The van der Waals surface area contributed by atoms with Gasteiger partial charge in [0, 0.05) is 31.7 Å². The van der Waals surface area contributed by atoms with Crippen LogP contribution >= 0.6 is 0 Å². The van der Waals surface area contributed by atoms with Crippen molar-refractivity contribution in [2.24, 2.45) is 0 Å². The Hall–Kier alpha value is -3.02. The summed E-state index contributed by atoms with van der Waals surface area (Å²) in [6.45, 7) is 1.31. The lowest BCUT2D eigenvalue weighted by molar-refractivity contribution is 0.0702. The van der Waals surface area contributed by atoms with Crippen LogP contribution in [-0.4, -0.2) is 31.9 Å². The average Bonchev–Trinajstić information content (AvgIpc) is 3.02. The van der Waals surface area contributed by atoms with Crippen molar-refractivity contribution in [1.29, 1.82) is 0 Å². The molecule has 0 N–H and O–H groups in total. The van der Waals surface area contributed by atoms with Crippen LogP contribution in [0.3, 0.4) is 0 Å². The Bertz CT molecular complexity index is 893. The van der Waals surface area contributed by atoms with Crippen LogP contribution in [0.4, 0.5) is 4.39 Å². The Labute approximate surface area is 144 Å². The summed E-state index contributed by atoms with van der Waals surface area (Å²) in [7, 11) is 0. The Balaban J connectivity index is 1.82. The highest BCUT2D eigenvalue weighted by atomic mass is 19.1. The van der Waals surface area contributed by atoms with Gasteiger partial charge >= 0.3 is 0 Å². The van der Waals surface area contributed by atoms with E-state index in [0.717, 1.165) is 30.6 Å². The van der Waals surface area contributed by atoms with Crippen molar-refractivity contribution < 1.29 is 9.18 Å². The molecule has 1 unspecified atom stereocenters. The normalized spacial score (nSPS) is 17.0. The lowest BCUT2D eigenvalue weighted by Crippen LogP contribution is -2.36. The summed E-state index contributed by atoms with van der Waals surface area (Å²) in [4.78, 5) is 23.0. The molecule has 2 aromatic heterocycles. The standard InChI is InChI=1S/C19H17FN4O/c20-16-13-21-8-7-15(16)19(25)24-11-4-10-23-12-9-22-18(23)17(24)14-5-2-1-3-6-14/h1-3,5-9,12-13,17H,4,10-11H2. The fourth-order valence-corrected chi connectivity index (χ4v) is 3.32. The molecule has 0 spiro atoms. The molecule has 5 nitrogen and oxygen atoms in total. The maximum Gasteiger partial charge on any atom is 0.257 e. The zero-order valence-electron chi connectivity index (χ0n) is 13.5. The van der Waals surface area contributed by atoms with Crippen molar-refractivity contribution in [2.75, 3.05) is 6.54 Å². The van der Waals surface area contributed by atoms with E-state index < -0.39 is 5.82 Å². The van der Waals surface area contributed by atoms with Gasteiger partial charge in [-0.2, -0.15) is 0 Å². The van der Waals surface area contributed by atoms with Gasteiger partial charge in [0.2, 0.25) is 0 Å². The fourth-order valence-electron chi connectivity index (χ4n) is 3.32. The van der Waals surface area contributed by atoms with Gasteiger partial charge in [0.15, 0.2) is 5.82 Å². The van der Waals surface area contributed by atoms with Crippen molar-refractivity contribution in [3.63, 3.8) is 0 Å². The van der Waals surface area contributed by atoms with Crippen LogP contribution in [0.1, 0.15) is 34.2 Å². The SMILES string of the molecule is O=C(c1ccncc1F)N1CCCn2ccnc2C1c1ccccc1. The number of benzene rings is 1. The van der Waals surface area contributed by atoms with Gasteiger partial charge in [-0.25, -0.2) is 9.37 Å². The number of fused-ring (bicyclic) bond motifs is 1. The molecular weight excluding hydrogens is 319 g/mol. The van der Waals surface area contributed by atoms with E-state index in [0.29, 0.717) is 6.54 Å². The van der Waals surface area contributed by atoms with E-state index in [1.165, 1.54) is 12.3 Å². The van der Waals surface area contributed by atoms with E-state index in [-0.39, 0.29) is 17.5 Å². The number of rotatable bonds is 2. The highest BCUT2D eigenvalue weighted by molar-refractivity contribution is 5.94. The molecule has 0 saturated heterocycles. The van der Waals surface area contributed by atoms with Gasteiger partial charge in [0.05, 0.1) is 11.8 Å². The number of hydrogen-bond acceptors (Lipinski definition) is 3. The Morgan fingerprint density at radius 1 is 1.12 bits per heavy atom. The average molecular weight is 336 g/mol. The minimum absolute atomic E-state index is 0.0379. The maximum atomic E-state index is 14.1. The summed E-state index contributed by atoms with van der Waals surface area (Å²) in [5.74, 6) is -0.149. The second-order valence-electron chi connectivity index (χ2n) is 6.00. The summed E-state index contributed by atoms with van der Waals surface area (Å²) in [5, 5.41) is 0. The number of hydrogen-bond donors (Lipinski definition) is 0. The molecule has 1 amide bonds. The van der Waals surface area contributed by atoms with E-state index in [4.69, 9.17) is 0 Å². The van der Waals surface area contributed by atoms with Crippen LogP contribution in [0, 0.1) is 5.82 Å². The van der Waals surface area contributed by atoms with Gasteiger partial charge in [0.1, 0.15) is 11.9 Å². The number of imidazole rings is 1. The number of carbonyl (C=O) groups excluding carboxylic acids is 1. The van der Waals surface area contributed by atoms with Crippen molar-refractivity contribution in [1.82, 2.24) is 19.4 Å². The first kappa shape index (κ1) is 15.5. The first-order valence-corrected chi connectivity index (χ1v) is 8.22. The number of aromatic nitrogens is 3. The predicted molar refractivity (Wildman–Crippen MR) is 90.4 cm³/mol. The largest absolute Gasteiger partial charge is 0.333 e. The quantitative estimate of drug-likeness (QED) is 0.723. The van der Waals surface area contributed by atoms with Crippen LogP contribution < -0.4 is 0 Å². The third-order valence-electron chi connectivity index (χ3n) is 4.48. The fraction of sp³-hybridized carbons (Fsp3) is 0.211. The third kappa shape index (κ3) is 2.80. The molecule has 1 aromatic carbocycles. The lowest BCUT2D eigenvalue weighted by Gasteiger charge is -2.30. The number of nitrogens with zero attached hydrogens (tertiary/aromatic N) is 4. The molecule has 0 radical (unpaired) electrons. The van der Waals surface area contributed by atoms with Crippen LogP contribution in [0.2, 0.25) is 0 Å². The van der Waals surface area contributed by atoms with Gasteiger partial charge in [-0.05, 0) is 18.1 Å². The zero-order valence-corrected chi connectivity index (χ0v) is 13.5. The summed E-state index contributed by atoms with van der Waals surface area (Å²) < 4.78 is 16.2. The molecule has 1 atom stereocenters. The Kier molecular flexibility index (Phi) is 4.01. The highest BCUT2D eigenvalue weighted by Gasteiger charge is 2.33. The predicted octanol–water partition coefficient (Wildman–Crippen LogP) is 3.05. The van der Waals surface area contributed by atoms with Gasteiger partial charge in [-0.1, -0.05) is 30.3 Å². The minimum Gasteiger partial charge on any atom is -0.333 e. The van der Waals surface area contributed by atoms with Gasteiger partial charge in [-0.15, -0.1) is 0 Å². The number of halogens is 1. The van der Waals surface area contributed by atoms with E-state index >= 15 is 0 Å². The van der Waals surface area contributed by atoms with Crippen LogP contribution in [-0.2, 0) is 6.54 Å². The van der Waals surface area contributed by atoms with Crippen molar-refractivity contribution in [2.45, 2.75) is 19.0 Å². The third-order valence-corrected chi connectivity index (χ3v) is 4.48. The molecule has 25 heavy (non-hydrogen) atoms. The smallest absolute Gasteiger partial charge is 0.257 e. The van der Waals surface area contributed by atoms with E-state index in [1.54, 1.807) is 11.1 Å². The first-order valence-electron chi connectivity index (χ1n) is 8.22. The second kappa shape index (κ2) is 6.47. The number of pyridine rings is 1. The molecule has 0 saturated carbocycles. The topological polar surface area (TPSA) is 51.0 Å². The molecule has 0 fully saturated rings. The van der Waals surface area contributed by atoms with Crippen LogP contribution in [0.15, 0.2) is 61.2 Å². The summed E-state index contributed by atoms with van der Waals surface area (Å²) in [5.41, 5.74) is 0.996. The second-order valence-corrected chi connectivity index (χ2v) is 6.00. The first-order chi connectivity index (χ1) is 12.3. The Morgan fingerprint density at radius 3 is 2.76 bits per heavy atom. The summed E-state index contributed by atoms with van der Waals surface area (Å²) in [6.07, 6.45) is 6.96. The van der Waals surface area contributed by atoms with Gasteiger partial charge in [-0.3, -0.25) is 9.78 Å². The van der Waals surface area contributed by atoms with Crippen molar-refractivity contribution >= 4 is 5.91 Å². The number of carbonyl (C=O) groups is 1. The van der Waals surface area contributed by atoms with Crippen LogP contribution in [0.5, 0.6) is 0 Å². The number of amides is 1. The van der Waals surface area contributed by atoms with Gasteiger partial charge < -0.3 is 9.47 Å². The molecule has 126 valence electrons. The molecule has 3 aromatic rings. The van der Waals surface area contributed by atoms with Crippen molar-refractivity contribution in [3.8, 4) is 0 Å².